The van der Waals surface area contributed by atoms with Gasteiger partial charge in [-0.15, -0.1) is 0 Å². The SMILES string of the molecule is CNS(=O)(=O)c1ccc([C@@H]2CC3(CCC(c4ccccc4)(N(C)C)CC3)NN2)c(NC(=O)C(=O)CC2CCC2)n1. The summed E-state index contributed by atoms with van der Waals surface area (Å²) in [6, 6.07) is 13.5. The molecule has 0 bridgehead atoms. The zero-order chi connectivity index (χ0) is 28.5. The standard InChI is InChI=1S/C29H40N6O4S/c1-30-40(38,39)25-13-12-22(26(31-25)32-27(37)24(36)18-20-8-7-9-20)23-19-28(34-33-23)14-16-29(17-15-28,35(2)3)21-10-5-4-6-11-21/h4-6,10-13,20,23,30,33-34H,7-9,14-19H2,1-3H3,(H,31,32,37)/t23-,28?,29?/m0/s1. The maximum atomic E-state index is 12.8. The van der Waals surface area contributed by atoms with Crippen LogP contribution in [0.2, 0.25) is 0 Å². The van der Waals surface area contributed by atoms with E-state index in [0.29, 0.717) is 5.56 Å². The number of Topliss-reactive ketones (excluding diaryl/α,β-unsaturated/α-hetero) is 1. The molecule has 216 valence electrons. The molecule has 1 amide bonds. The summed E-state index contributed by atoms with van der Waals surface area (Å²) < 4.78 is 27.2. The van der Waals surface area contributed by atoms with Crippen LogP contribution in [0, 0.1) is 5.92 Å². The molecule has 3 aliphatic rings. The van der Waals surface area contributed by atoms with Crippen molar-refractivity contribution < 1.29 is 18.0 Å². The number of nitrogens with zero attached hydrogens (tertiary/aromatic N) is 2. The molecule has 2 heterocycles. The Morgan fingerprint density at radius 1 is 1.05 bits per heavy atom. The molecule has 2 saturated carbocycles. The summed E-state index contributed by atoms with van der Waals surface area (Å²) in [4.78, 5) is 32.1. The summed E-state index contributed by atoms with van der Waals surface area (Å²) in [5.74, 6) is -0.903. The van der Waals surface area contributed by atoms with Crippen molar-refractivity contribution >= 4 is 27.5 Å². The molecular formula is C29H40N6O4S. The fourth-order valence-electron chi connectivity index (χ4n) is 6.45. The number of hydrogen-bond acceptors (Lipinski definition) is 8. The number of aromatic nitrogens is 1. The van der Waals surface area contributed by atoms with Gasteiger partial charge in [0.15, 0.2) is 5.03 Å². The van der Waals surface area contributed by atoms with Crippen molar-refractivity contribution in [1.29, 1.82) is 0 Å². The van der Waals surface area contributed by atoms with Crippen LogP contribution in [-0.4, -0.2) is 56.7 Å². The second-order valence-electron chi connectivity index (χ2n) is 11.8. The molecule has 2 aliphatic carbocycles. The molecule has 11 heteroatoms. The van der Waals surface area contributed by atoms with Crippen LogP contribution in [0.3, 0.4) is 0 Å². The number of hydrazine groups is 1. The van der Waals surface area contributed by atoms with E-state index < -0.39 is 21.7 Å². The molecule has 1 aromatic carbocycles. The number of amides is 1. The molecule has 1 atom stereocenters. The van der Waals surface area contributed by atoms with E-state index in [1.54, 1.807) is 6.07 Å². The van der Waals surface area contributed by atoms with Crippen LogP contribution in [0.4, 0.5) is 5.82 Å². The van der Waals surface area contributed by atoms with E-state index >= 15 is 0 Å². The second-order valence-corrected chi connectivity index (χ2v) is 13.6. The van der Waals surface area contributed by atoms with Crippen LogP contribution in [0.15, 0.2) is 47.5 Å². The molecule has 0 unspecified atom stereocenters. The van der Waals surface area contributed by atoms with Crippen LogP contribution in [0.5, 0.6) is 0 Å². The minimum atomic E-state index is -3.84. The summed E-state index contributed by atoms with van der Waals surface area (Å²) in [6.07, 6.45) is 7.76. The summed E-state index contributed by atoms with van der Waals surface area (Å²) in [5, 5.41) is 2.44. The first-order valence-electron chi connectivity index (χ1n) is 14.1. The van der Waals surface area contributed by atoms with Crippen molar-refractivity contribution in [3.05, 3.63) is 53.6 Å². The molecule has 1 aliphatic heterocycles. The topological polar surface area (TPSA) is 133 Å². The Kier molecular flexibility index (Phi) is 8.13. The van der Waals surface area contributed by atoms with E-state index in [-0.39, 0.29) is 40.3 Å². The Morgan fingerprint density at radius 2 is 1.75 bits per heavy atom. The van der Waals surface area contributed by atoms with Gasteiger partial charge in [0, 0.05) is 23.1 Å². The van der Waals surface area contributed by atoms with E-state index in [4.69, 9.17) is 0 Å². The van der Waals surface area contributed by atoms with E-state index in [2.05, 4.69) is 69.1 Å². The van der Waals surface area contributed by atoms with E-state index in [9.17, 15) is 18.0 Å². The van der Waals surface area contributed by atoms with Crippen molar-refractivity contribution in [2.45, 2.75) is 79.9 Å². The Hall–Kier alpha value is -2.70. The average Bonchev–Trinajstić information content (AvgIpc) is 3.34. The van der Waals surface area contributed by atoms with Crippen LogP contribution < -0.4 is 20.9 Å². The van der Waals surface area contributed by atoms with E-state index in [0.717, 1.165) is 51.4 Å². The lowest BCUT2D eigenvalue weighted by molar-refractivity contribution is -0.135. The molecule has 1 saturated heterocycles. The van der Waals surface area contributed by atoms with Gasteiger partial charge in [0.2, 0.25) is 5.78 Å². The molecule has 1 aromatic heterocycles. The molecule has 4 N–H and O–H groups in total. The van der Waals surface area contributed by atoms with Gasteiger partial charge in [-0.05, 0) is 83.6 Å². The van der Waals surface area contributed by atoms with Gasteiger partial charge in [-0.3, -0.25) is 19.9 Å². The highest BCUT2D eigenvalue weighted by Crippen LogP contribution is 2.48. The molecule has 10 nitrogen and oxygen atoms in total. The zero-order valence-corrected chi connectivity index (χ0v) is 24.3. The third-order valence-electron chi connectivity index (χ3n) is 9.31. The number of anilines is 1. The number of nitrogens with one attached hydrogen (secondary N) is 4. The zero-order valence-electron chi connectivity index (χ0n) is 23.5. The second kappa shape index (κ2) is 11.3. The van der Waals surface area contributed by atoms with Gasteiger partial charge in [0.05, 0.1) is 6.04 Å². The highest BCUT2D eigenvalue weighted by Gasteiger charge is 2.48. The van der Waals surface area contributed by atoms with Crippen molar-refractivity contribution in [3.8, 4) is 0 Å². The third-order valence-corrected chi connectivity index (χ3v) is 10.6. The number of sulfonamides is 1. The first kappa shape index (κ1) is 28.8. The molecule has 5 rings (SSSR count). The van der Waals surface area contributed by atoms with Crippen LogP contribution in [-0.2, 0) is 25.2 Å². The molecule has 3 fully saturated rings. The van der Waals surface area contributed by atoms with Gasteiger partial charge in [-0.2, -0.15) is 0 Å². The number of carbonyl (C=O) groups is 2. The summed E-state index contributed by atoms with van der Waals surface area (Å²) in [7, 11) is 1.75. The van der Waals surface area contributed by atoms with Crippen molar-refractivity contribution in [2.75, 3.05) is 26.5 Å². The summed E-state index contributed by atoms with van der Waals surface area (Å²) in [6.45, 7) is 0. The lowest BCUT2D eigenvalue weighted by atomic mass is 9.67. The minimum Gasteiger partial charge on any atom is -0.304 e. The molecule has 2 aromatic rings. The van der Waals surface area contributed by atoms with Gasteiger partial charge in [-0.1, -0.05) is 42.8 Å². The van der Waals surface area contributed by atoms with Crippen LogP contribution in [0.25, 0.3) is 0 Å². The first-order valence-corrected chi connectivity index (χ1v) is 15.6. The lowest BCUT2D eigenvalue weighted by Crippen LogP contribution is -2.53. The predicted molar refractivity (Wildman–Crippen MR) is 153 cm³/mol. The van der Waals surface area contributed by atoms with Gasteiger partial charge >= 0.3 is 0 Å². The number of carbonyl (C=O) groups excluding carboxylic acids is 2. The quantitative estimate of drug-likeness (QED) is 0.340. The summed E-state index contributed by atoms with van der Waals surface area (Å²) in [5.41, 5.74) is 8.70. The third kappa shape index (κ3) is 5.58. The number of pyridine rings is 1. The number of ketones is 1. The molecular weight excluding hydrogens is 528 g/mol. The van der Waals surface area contributed by atoms with E-state index in [1.807, 2.05) is 6.07 Å². The Morgan fingerprint density at radius 3 is 2.35 bits per heavy atom. The average molecular weight is 569 g/mol. The van der Waals surface area contributed by atoms with Gasteiger partial charge in [0.25, 0.3) is 15.9 Å². The van der Waals surface area contributed by atoms with Crippen LogP contribution in [0.1, 0.15) is 75.0 Å². The maximum Gasteiger partial charge on any atom is 0.292 e. The van der Waals surface area contributed by atoms with E-state index in [1.165, 1.54) is 18.7 Å². The number of rotatable bonds is 9. The van der Waals surface area contributed by atoms with Crippen molar-refractivity contribution in [2.24, 2.45) is 5.92 Å². The molecule has 40 heavy (non-hydrogen) atoms. The molecule has 1 spiro atoms. The number of hydrogen-bond donors (Lipinski definition) is 4. The van der Waals surface area contributed by atoms with Gasteiger partial charge in [0.1, 0.15) is 5.82 Å². The lowest BCUT2D eigenvalue weighted by Gasteiger charge is -2.49. The largest absolute Gasteiger partial charge is 0.304 e. The van der Waals surface area contributed by atoms with Gasteiger partial charge in [-0.25, -0.2) is 23.5 Å². The smallest absolute Gasteiger partial charge is 0.292 e. The number of benzene rings is 1. The Balaban J connectivity index is 1.36. The first-order chi connectivity index (χ1) is 19.1. The summed E-state index contributed by atoms with van der Waals surface area (Å²) >= 11 is 0. The Bertz CT molecular complexity index is 1350. The fourth-order valence-corrected chi connectivity index (χ4v) is 7.12. The minimum absolute atomic E-state index is 0.0447. The van der Waals surface area contributed by atoms with Crippen molar-refractivity contribution in [3.63, 3.8) is 0 Å². The van der Waals surface area contributed by atoms with Crippen molar-refractivity contribution in [1.82, 2.24) is 25.5 Å². The highest BCUT2D eigenvalue weighted by molar-refractivity contribution is 7.89. The van der Waals surface area contributed by atoms with Crippen LogP contribution >= 0.6 is 0 Å². The Labute approximate surface area is 236 Å². The van der Waals surface area contributed by atoms with Gasteiger partial charge < -0.3 is 5.32 Å². The monoisotopic (exact) mass is 568 g/mol. The molecule has 0 radical (unpaired) electrons. The fraction of sp³-hybridized carbons (Fsp3) is 0.552. The predicted octanol–water partition coefficient (Wildman–Crippen LogP) is 3.00. The maximum absolute atomic E-state index is 12.8. The normalized spacial score (nSPS) is 27.1. The highest BCUT2D eigenvalue weighted by atomic mass is 32.2.